The minimum Gasteiger partial charge on any atom is -0.310 e. The molecule has 0 unspecified atom stereocenters. The van der Waals surface area contributed by atoms with E-state index in [4.69, 9.17) is 0 Å². The molecular formula is C12H12BrN3S. The lowest BCUT2D eigenvalue weighted by Crippen LogP contribution is -2.15. The maximum Gasteiger partial charge on any atom is 0.169 e. The Bertz CT molecular complexity index is 505. The van der Waals surface area contributed by atoms with Gasteiger partial charge in [-0.15, -0.1) is 11.3 Å². The van der Waals surface area contributed by atoms with Gasteiger partial charge in [0, 0.05) is 30.5 Å². The summed E-state index contributed by atoms with van der Waals surface area (Å²) in [5.74, 6) is 0.802. The van der Waals surface area contributed by atoms with E-state index in [1.807, 2.05) is 24.5 Å². The Morgan fingerprint density at radius 3 is 2.65 bits per heavy atom. The molecule has 1 aliphatic rings. The van der Waals surface area contributed by atoms with Gasteiger partial charge in [0.15, 0.2) is 5.82 Å². The molecule has 2 aromatic rings. The molecule has 0 spiro atoms. The Labute approximate surface area is 112 Å². The molecule has 88 valence electrons. The van der Waals surface area contributed by atoms with Crippen LogP contribution in [0.3, 0.4) is 0 Å². The Morgan fingerprint density at radius 2 is 2.06 bits per heavy atom. The Balaban J connectivity index is 1.70. The van der Waals surface area contributed by atoms with Crippen molar-refractivity contribution in [1.82, 2.24) is 15.3 Å². The van der Waals surface area contributed by atoms with Crippen molar-refractivity contribution in [3.05, 3.63) is 33.9 Å². The van der Waals surface area contributed by atoms with Crippen LogP contribution in [-0.2, 0) is 6.54 Å². The second-order valence-corrected chi connectivity index (χ2v) is 6.64. The lowest BCUT2D eigenvalue weighted by atomic mass is 10.3. The molecule has 1 fully saturated rings. The molecule has 5 heteroatoms. The van der Waals surface area contributed by atoms with Gasteiger partial charge in [0.1, 0.15) is 0 Å². The van der Waals surface area contributed by atoms with E-state index < -0.39 is 0 Å². The fourth-order valence-corrected chi connectivity index (χ4v) is 2.89. The van der Waals surface area contributed by atoms with E-state index >= 15 is 0 Å². The predicted molar refractivity (Wildman–Crippen MR) is 72.9 cm³/mol. The van der Waals surface area contributed by atoms with Crippen LogP contribution in [0.2, 0.25) is 0 Å². The van der Waals surface area contributed by atoms with Crippen LogP contribution < -0.4 is 5.32 Å². The van der Waals surface area contributed by atoms with Gasteiger partial charge >= 0.3 is 0 Å². The van der Waals surface area contributed by atoms with E-state index in [0.717, 1.165) is 32.6 Å². The number of nitrogens with zero attached hydrogens (tertiary/aromatic N) is 2. The van der Waals surface area contributed by atoms with E-state index in [0.29, 0.717) is 0 Å². The predicted octanol–water partition coefficient (Wildman–Crippen LogP) is 3.22. The van der Waals surface area contributed by atoms with E-state index in [9.17, 15) is 0 Å². The first-order valence-corrected chi connectivity index (χ1v) is 7.22. The summed E-state index contributed by atoms with van der Waals surface area (Å²) in [5.41, 5.74) is 1.15. The largest absolute Gasteiger partial charge is 0.310 e. The van der Waals surface area contributed by atoms with Gasteiger partial charge in [-0.2, -0.15) is 0 Å². The van der Waals surface area contributed by atoms with Crippen LogP contribution in [0.4, 0.5) is 0 Å². The molecule has 0 amide bonds. The molecule has 17 heavy (non-hydrogen) atoms. The molecule has 0 bridgehead atoms. The van der Waals surface area contributed by atoms with Gasteiger partial charge in [-0.05, 0) is 40.9 Å². The topological polar surface area (TPSA) is 37.8 Å². The molecule has 1 aliphatic carbocycles. The third kappa shape index (κ3) is 2.91. The summed E-state index contributed by atoms with van der Waals surface area (Å²) in [6.45, 7) is 0.874. The molecule has 2 heterocycles. The Hall–Kier alpha value is -0.780. The second-order valence-electron chi connectivity index (χ2n) is 4.17. The molecular weight excluding hydrogens is 298 g/mol. The number of aromatic nitrogens is 2. The summed E-state index contributed by atoms with van der Waals surface area (Å²) >= 11 is 5.10. The van der Waals surface area contributed by atoms with Crippen molar-refractivity contribution < 1.29 is 0 Å². The maximum absolute atomic E-state index is 4.40. The van der Waals surface area contributed by atoms with Gasteiger partial charge in [-0.1, -0.05) is 0 Å². The summed E-state index contributed by atoms with van der Waals surface area (Å²) in [6.07, 6.45) is 6.43. The average molecular weight is 310 g/mol. The molecule has 1 saturated carbocycles. The van der Waals surface area contributed by atoms with E-state index in [1.165, 1.54) is 12.8 Å². The maximum atomic E-state index is 4.40. The molecule has 2 aromatic heterocycles. The minimum atomic E-state index is 0.725. The molecule has 3 rings (SSSR count). The Morgan fingerprint density at radius 1 is 1.29 bits per heavy atom. The van der Waals surface area contributed by atoms with Crippen molar-refractivity contribution in [2.24, 2.45) is 0 Å². The first-order valence-electron chi connectivity index (χ1n) is 5.61. The summed E-state index contributed by atoms with van der Waals surface area (Å²) < 4.78 is 1.11. The first-order chi connectivity index (χ1) is 8.31. The average Bonchev–Trinajstić information content (AvgIpc) is 3.09. The van der Waals surface area contributed by atoms with Gasteiger partial charge in [-0.25, -0.2) is 9.97 Å². The Kier molecular flexibility index (Phi) is 3.22. The molecule has 0 radical (unpaired) electrons. The highest BCUT2D eigenvalue weighted by atomic mass is 79.9. The van der Waals surface area contributed by atoms with Gasteiger partial charge in [0.2, 0.25) is 0 Å². The van der Waals surface area contributed by atoms with Crippen LogP contribution in [0, 0.1) is 0 Å². The smallest absolute Gasteiger partial charge is 0.169 e. The standard InChI is InChI=1S/C12H12BrN3S/c13-11-4-3-10(17-11)12-15-6-8(7-16-12)5-14-9-1-2-9/h3-4,6-7,9,14H,1-2,5H2. The molecule has 1 N–H and O–H groups in total. The highest BCUT2D eigenvalue weighted by molar-refractivity contribution is 9.11. The number of thiophene rings is 1. The molecule has 0 aromatic carbocycles. The number of hydrogen-bond acceptors (Lipinski definition) is 4. The zero-order valence-corrected chi connectivity index (χ0v) is 11.6. The number of rotatable bonds is 4. The summed E-state index contributed by atoms with van der Waals surface area (Å²) in [5, 5.41) is 3.45. The minimum absolute atomic E-state index is 0.725. The van der Waals surface area contributed by atoms with E-state index in [-0.39, 0.29) is 0 Å². The van der Waals surface area contributed by atoms with E-state index in [2.05, 4.69) is 31.2 Å². The molecule has 0 aliphatic heterocycles. The van der Waals surface area contributed by atoms with Gasteiger partial charge in [0.05, 0.1) is 8.66 Å². The summed E-state index contributed by atoms with van der Waals surface area (Å²) in [4.78, 5) is 9.89. The lowest BCUT2D eigenvalue weighted by molar-refractivity contribution is 0.684. The monoisotopic (exact) mass is 309 g/mol. The third-order valence-corrected chi connectivity index (χ3v) is 4.29. The molecule has 0 saturated heterocycles. The fraction of sp³-hybridized carbons (Fsp3) is 0.333. The normalized spacial score (nSPS) is 15.1. The van der Waals surface area contributed by atoms with Crippen LogP contribution in [0.15, 0.2) is 28.3 Å². The van der Waals surface area contributed by atoms with Gasteiger partial charge in [0.25, 0.3) is 0 Å². The first kappa shape index (κ1) is 11.3. The van der Waals surface area contributed by atoms with Crippen molar-refractivity contribution in [2.45, 2.75) is 25.4 Å². The molecule has 3 nitrogen and oxygen atoms in total. The second kappa shape index (κ2) is 4.84. The zero-order valence-electron chi connectivity index (χ0n) is 9.19. The van der Waals surface area contributed by atoms with Crippen molar-refractivity contribution in [2.75, 3.05) is 0 Å². The van der Waals surface area contributed by atoms with Crippen molar-refractivity contribution in [3.63, 3.8) is 0 Å². The van der Waals surface area contributed by atoms with E-state index in [1.54, 1.807) is 11.3 Å². The molecule has 0 atom stereocenters. The quantitative estimate of drug-likeness (QED) is 0.942. The summed E-state index contributed by atoms with van der Waals surface area (Å²) in [7, 11) is 0. The highest BCUT2D eigenvalue weighted by Crippen LogP contribution is 2.28. The number of hydrogen-bond donors (Lipinski definition) is 1. The van der Waals surface area contributed by atoms with Crippen LogP contribution in [0.25, 0.3) is 10.7 Å². The van der Waals surface area contributed by atoms with Crippen LogP contribution >= 0.6 is 27.3 Å². The van der Waals surface area contributed by atoms with Crippen LogP contribution in [-0.4, -0.2) is 16.0 Å². The summed E-state index contributed by atoms with van der Waals surface area (Å²) in [6, 6.07) is 4.78. The van der Waals surface area contributed by atoms with Crippen molar-refractivity contribution in [3.8, 4) is 10.7 Å². The zero-order chi connectivity index (χ0) is 11.7. The highest BCUT2D eigenvalue weighted by Gasteiger charge is 2.19. The van der Waals surface area contributed by atoms with Gasteiger partial charge < -0.3 is 5.32 Å². The SMILES string of the molecule is Brc1ccc(-c2ncc(CNC3CC3)cn2)s1. The van der Waals surface area contributed by atoms with Crippen LogP contribution in [0.5, 0.6) is 0 Å². The number of halogens is 1. The van der Waals surface area contributed by atoms with Crippen molar-refractivity contribution in [1.29, 1.82) is 0 Å². The third-order valence-electron chi connectivity index (χ3n) is 2.67. The fourth-order valence-electron chi connectivity index (χ4n) is 1.56. The van der Waals surface area contributed by atoms with Gasteiger partial charge in [-0.3, -0.25) is 0 Å². The van der Waals surface area contributed by atoms with Crippen molar-refractivity contribution >= 4 is 27.3 Å². The lowest BCUT2D eigenvalue weighted by Gasteiger charge is -2.02. The number of nitrogens with one attached hydrogen (secondary N) is 1. The van der Waals surface area contributed by atoms with Crippen LogP contribution in [0.1, 0.15) is 18.4 Å².